The lowest BCUT2D eigenvalue weighted by Gasteiger charge is -2.36. The van der Waals surface area contributed by atoms with Crippen molar-refractivity contribution in [2.24, 2.45) is 0 Å². The van der Waals surface area contributed by atoms with Crippen molar-refractivity contribution < 1.29 is 4.79 Å². The number of carbonyl (C=O) groups excluding carboxylic acids is 1. The highest BCUT2D eigenvalue weighted by atomic mass is 16.2. The topological polar surface area (TPSA) is 38.8 Å². The van der Waals surface area contributed by atoms with Crippen molar-refractivity contribution in [2.45, 2.75) is 25.4 Å². The summed E-state index contributed by atoms with van der Waals surface area (Å²) in [5, 5.41) is 3.32. The van der Waals surface area contributed by atoms with Crippen LogP contribution in [0.15, 0.2) is 30.3 Å². The molecule has 24 heavy (non-hydrogen) atoms. The lowest BCUT2D eigenvalue weighted by molar-refractivity contribution is -0.134. The zero-order chi connectivity index (χ0) is 16.8. The first-order valence-electron chi connectivity index (χ1n) is 9.19. The molecule has 0 aliphatic carbocycles. The molecule has 0 aromatic heterocycles. The van der Waals surface area contributed by atoms with E-state index in [2.05, 4.69) is 52.5 Å². The minimum absolute atomic E-state index is 0.0774. The van der Waals surface area contributed by atoms with E-state index in [-0.39, 0.29) is 6.04 Å². The average molecular weight is 330 g/mol. The number of hydrogen-bond donors (Lipinski definition) is 1. The van der Waals surface area contributed by atoms with E-state index in [1.807, 2.05) is 4.90 Å². The van der Waals surface area contributed by atoms with E-state index in [4.69, 9.17) is 0 Å². The number of nitrogens with one attached hydrogen (secondary N) is 1. The second-order valence-electron chi connectivity index (χ2n) is 7.04. The van der Waals surface area contributed by atoms with E-state index in [0.29, 0.717) is 5.91 Å². The van der Waals surface area contributed by atoms with Gasteiger partial charge in [0.15, 0.2) is 0 Å². The zero-order valence-electron chi connectivity index (χ0n) is 14.8. The maximum atomic E-state index is 12.4. The zero-order valence-corrected chi connectivity index (χ0v) is 14.8. The summed E-state index contributed by atoms with van der Waals surface area (Å²) in [6.45, 7) is 7.87. The molecule has 1 atom stereocenters. The number of benzene rings is 1. The van der Waals surface area contributed by atoms with Crippen molar-refractivity contribution in [1.29, 1.82) is 0 Å². The Kier molecular flexibility index (Phi) is 6.24. The highest BCUT2D eigenvalue weighted by molar-refractivity contribution is 5.82. The second-order valence-corrected chi connectivity index (χ2v) is 7.04. The molecule has 5 nitrogen and oxygen atoms in total. The van der Waals surface area contributed by atoms with Crippen LogP contribution in [0.4, 0.5) is 0 Å². The van der Waals surface area contributed by atoms with Gasteiger partial charge in [0, 0.05) is 45.8 Å². The van der Waals surface area contributed by atoms with Gasteiger partial charge >= 0.3 is 0 Å². The first-order valence-corrected chi connectivity index (χ1v) is 9.19. The molecule has 1 N–H and O–H groups in total. The van der Waals surface area contributed by atoms with Crippen LogP contribution in [0.2, 0.25) is 0 Å². The van der Waals surface area contributed by atoms with Crippen molar-refractivity contribution in [1.82, 2.24) is 20.0 Å². The van der Waals surface area contributed by atoms with Crippen molar-refractivity contribution >= 4 is 5.91 Å². The SMILES string of the molecule is CN(CCN1CCN(C(=O)[C@@H]2CCCN2)CC1)Cc1ccccc1. The molecular formula is C19H30N4O. The summed E-state index contributed by atoms with van der Waals surface area (Å²) in [6, 6.07) is 10.7. The molecule has 2 aliphatic rings. The highest BCUT2D eigenvalue weighted by Crippen LogP contribution is 2.11. The van der Waals surface area contributed by atoms with Crippen LogP contribution in [0.25, 0.3) is 0 Å². The normalized spacial score (nSPS) is 22.2. The predicted octanol–water partition coefficient (Wildman–Crippen LogP) is 1.01. The third kappa shape index (κ3) is 4.79. The molecule has 0 bridgehead atoms. The lowest BCUT2D eigenvalue weighted by Crippen LogP contribution is -2.53. The number of amides is 1. The average Bonchev–Trinajstić information content (AvgIpc) is 3.15. The van der Waals surface area contributed by atoms with Gasteiger partial charge in [-0.15, -0.1) is 0 Å². The molecule has 1 aromatic carbocycles. The lowest BCUT2D eigenvalue weighted by atomic mass is 10.2. The molecule has 0 radical (unpaired) electrons. The number of rotatable bonds is 6. The summed E-state index contributed by atoms with van der Waals surface area (Å²) in [5.41, 5.74) is 1.36. The molecule has 0 unspecified atom stereocenters. The molecule has 132 valence electrons. The Labute approximate surface area is 145 Å². The highest BCUT2D eigenvalue weighted by Gasteiger charge is 2.28. The van der Waals surface area contributed by atoms with Crippen LogP contribution >= 0.6 is 0 Å². The van der Waals surface area contributed by atoms with Gasteiger partial charge in [-0.25, -0.2) is 0 Å². The van der Waals surface area contributed by atoms with Gasteiger partial charge in [0.1, 0.15) is 0 Å². The molecule has 1 aromatic rings. The Bertz CT molecular complexity index is 507. The van der Waals surface area contributed by atoms with E-state index in [0.717, 1.165) is 65.2 Å². The van der Waals surface area contributed by atoms with Gasteiger partial charge in [-0.05, 0) is 32.0 Å². The van der Waals surface area contributed by atoms with Crippen LogP contribution in [0, 0.1) is 0 Å². The quantitative estimate of drug-likeness (QED) is 0.845. The first-order chi connectivity index (χ1) is 11.7. The van der Waals surface area contributed by atoms with Gasteiger partial charge in [0.2, 0.25) is 5.91 Å². The number of piperazine rings is 1. The Morgan fingerprint density at radius 3 is 2.62 bits per heavy atom. The molecule has 0 spiro atoms. The fourth-order valence-electron chi connectivity index (χ4n) is 3.59. The van der Waals surface area contributed by atoms with Gasteiger partial charge < -0.3 is 15.1 Å². The summed E-state index contributed by atoms with van der Waals surface area (Å²) < 4.78 is 0. The number of likely N-dealkylation sites (N-methyl/N-ethyl adjacent to an activating group) is 1. The van der Waals surface area contributed by atoms with Crippen LogP contribution in [-0.4, -0.2) is 79.5 Å². The smallest absolute Gasteiger partial charge is 0.239 e. The van der Waals surface area contributed by atoms with E-state index >= 15 is 0 Å². The van der Waals surface area contributed by atoms with Gasteiger partial charge in [-0.2, -0.15) is 0 Å². The van der Waals surface area contributed by atoms with Crippen molar-refractivity contribution in [3.05, 3.63) is 35.9 Å². The van der Waals surface area contributed by atoms with E-state index in [1.165, 1.54) is 5.56 Å². The fourth-order valence-corrected chi connectivity index (χ4v) is 3.59. The molecule has 2 heterocycles. The summed E-state index contributed by atoms with van der Waals surface area (Å²) >= 11 is 0. The van der Waals surface area contributed by atoms with Crippen LogP contribution in [-0.2, 0) is 11.3 Å². The number of hydrogen-bond acceptors (Lipinski definition) is 4. The largest absolute Gasteiger partial charge is 0.339 e. The predicted molar refractivity (Wildman–Crippen MR) is 96.8 cm³/mol. The van der Waals surface area contributed by atoms with Crippen LogP contribution in [0.1, 0.15) is 18.4 Å². The Morgan fingerprint density at radius 1 is 1.21 bits per heavy atom. The first kappa shape index (κ1) is 17.4. The molecular weight excluding hydrogens is 300 g/mol. The molecule has 3 rings (SSSR count). The standard InChI is InChI=1S/C19H30N4O/c1-21(16-17-6-3-2-4-7-17)10-11-22-12-14-23(15-13-22)19(24)18-8-5-9-20-18/h2-4,6-7,18,20H,5,8-16H2,1H3/t18-/m0/s1. The van der Waals surface area contributed by atoms with E-state index in [1.54, 1.807) is 0 Å². The van der Waals surface area contributed by atoms with Crippen LogP contribution in [0.3, 0.4) is 0 Å². The maximum absolute atomic E-state index is 12.4. The molecule has 0 saturated carbocycles. The number of carbonyl (C=O) groups is 1. The fraction of sp³-hybridized carbons (Fsp3) is 0.632. The Morgan fingerprint density at radius 2 is 1.96 bits per heavy atom. The second kappa shape index (κ2) is 8.60. The summed E-state index contributed by atoms with van der Waals surface area (Å²) in [7, 11) is 2.18. The van der Waals surface area contributed by atoms with E-state index in [9.17, 15) is 4.79 Å². The number of nitrogens with zero attached hydrogens (tertiary/aromatic N) is 3. The van der Waals surface area contributed by atoms with Gasteiger partial charge in [-0.3, -0.25) is 9.69 Å². The molecule has 5 heteroatoms. The Balaban J connectivity index is 1.35. The molecule has 1 amide bonds. The molecule has 2 aliphatic heterocycles. The third-order valence-electron chi connectivity index (χ3n) is 5.14. The minimum Gasteiger partial charge on any atom is -0.339 e. The van der Waals surface area contributed by atoms with Crippen molar-refractivity contribution in [3.8, 4) is 0 Å². The molecule has 2 saturated heterocycles. The van der Waals surface area contributed by atoms with Gasteiger partial charge in [-0.1, -0.05) is 30.3 Å². The van der Waals surface area contributed by atoms with Crippen molar-refractivity contribution in [2.75, 3.05) is 52.9 Å². The van der Waals surface area contributed by atoms with Crippen LogP contribution in [0.5, 0.6) is 0 Å². The summed E-state index contributed by atoms with van der Waals surface area (Å²) in [5.74, 6) is 0.313. The van der Waals surface area contributed by atoms with Crippen LogP contribution < -0.4 is 5.32 Å². The maximum Gasteiger partial charge on any atom is 0.239 e. The summed E-state index contributed by atoms with van der Waals surface area (Å²) in [6.07, 6.45) is 2.13. The van der Waals surface area contributed by atoms with Crippen molar-refractivity contribution in [3.63, 3.8) is 0 Å². The van der Waals surface area contributed by atoms with Gasteiger partial charge in [0.05, 0.1) is 6.04 Å². The summed E-state index contributed by atoms with van der Waals surface area (Å²) in [4.78, 5) is 19.3. The minimum atomic E-state index is 0.0774. The monoisotopic (exact) mass is 330 g/mol. The van der Waals surface area contributed by atoms with Gasteiger partial charge in [0.25, 0.3) is 0 Å². The molecule has 2 fully saturated rings. The Hall–Kier alpha value is -1.43. The van der Waals surface area contributed by atoms with E-state index < -0.39 is 0 Å². The third-order valence-corrected chi connectivity index (χ3v) is 5.14.